The molecule has 0 unspecified atom stereocenters. The molecule has 1 aromatic carbocycles. The Morgan fingerprint density at radius 2 is 2.19 bits per heavy atom. The maximum atomic E-state index is 11.9. The van der Waals surface area contributed by atoms with Crippen LogP contribution in [0.5, 0.6) is 5.75 Å². The summed E-state index contributed by atoms with van der Waals surface area (Å²) in [4.78, 5) is 14.2. The summed E-state index contributed by atoms with van der Waals surface area (Å²) in [5.74, 6) is 0.626. The van der Waals surface area contributed by atoms with Crippen molar-refractivity contribution in [3.8, 4) is 5.75 Å². The first-order valence-electron chi connectivity index (χ1n) is 6.87. The van der Waals surface area contributed by atoms with Crippen LogP contribution < -0.4 is 15.4 Å². The van der Waals surface area contributed by atoms with Gasteiger partial charge in [-0.15, -0.1) is 0 Å². The van der Waals surface area contributed by atoms with E-state index in [0.29, 0.717) is 18.0 Å². The van der Waals surface area contributed by atoms with Crippen molar-refractivity contribution in [3.05, 3.63) is 22.7 Å². The molecule has 1 aliphatic rings. The summed E-state index contributed by atoms with van der Waals surface area (Å²) in [5, 5.41) is 5.64. The molecule has 0 bridgehead atoms. The molecule has 2 rings (SSSR count). The molecule has 7 heteroatoms. The summed E-state index contributed by atoms with van der Waals surface area (Å²) in [5.41, 5.74) is 0.635. The van der Waals surface area contributed by atoms with Crippen LogP contribution >= 0.6 is 15.9 Å². The van der Waals surface area contributed by atoms with Crippen LogP contribution in [0, 0.1) is 0 Å². The van der Waals surface area contributed by atoms with E-state index >= 15 is 0 Å². The summed E-state index contributed by atoms with van der Waals surface area (Å²) >= 11 is 3.37. The van der Waals surface area contributed by atoms with Crippen molar-refractivity contribution in [1.82, 2.24) is 10.2 Å². The Kier molecular flexibility index (Phi) is 6.28. The summed E-state index contributed by atoms with van der Waals surface area (Å²) in [6, 6.07) is 5.23. The lowest BCUT2D eigenvalue weighted by Crippen LogP contribution is -2.42. The average molecular weight is 358 g/mol. The number of halogens is 1. The normalized spacial score (nSPS) is 15.5. The molecule has 0 aromatic heterocycles. The van der Waals surface area contributed by atoms with E-state index in [4.69, 9.17) is 9.47 Å². The highest BCUT2D eigenvalue weighted by Crippen LogP contribution is 2.27. The van der Waals surface area contributed by atoms with Crippen molar-refractivity contribution >= 4 is 27.6 Å². The number of hydrogen-bond acceptors (Lipinski definition) is 4. The van der Waals surface area contributed by atoms with Gasteiger partial charge in [-0.3, -0.25) is 4.90 Å². The minimum atomic E-state index is -0.236. The molecule has 1 fully saturated rings. The second-order valence-corrected chi connectivity index (χ2v) is 5.60. The van der Waals surface area contributed by atoms with E-state index in [-0.39, 0.29) is 6.03 Å². The van der Waals surface area contributed by atoms with Crippen LogP contribution in [0.4, 0.5) is 10.5 Å². The number of amides is 2. The monoisotopic (exact) mass is 357 g/mol. The Hall–Kier alpha value is -1.31. The third kappa shape index (κ3) is 5.18. The van der Waals surface area contributed by atoms with Gasteiger partial charge in [0, 0.05) is 30.7 Å². The van der Waals surface area contributed by atoms with Crippen molar-refractivity contribution in [1.29, 1.82) is 0 Å². The van der Waals surface area contributed by atoms with Crippen molar-refractivity contribution in [2.24, 2.45) is 0 Å². The molecular weight excluding hydrogens is 338 g/mol. The van der Waals surface area contributed by atoms with Crippen LogP contribution in [0.3, 0.4) is 0 Å². The fourth-order valence-corrected chi connectivity index (χ4v) is 2.46. The SMILES string of the molecule is COc1ccc(Br)cc1NC(=O)NCCN1CCOCC1. The third-order valence-corrected chi connectivity index (χ3v) is 3.72. The number of carbonyl (C=O) groups excluding carboxylic acids is 1. The number of ether oxygens (including phenoxy) is 2. The quantitative estimate of drug-likeness (QED) is 0.844. The van der Waals surface area contributed by atoms with E-state index in [2.05, 4.69) is 31.5 Å². The van der Waals surface area contributed by atoms with Crippen LogP contribution in [-0.2, 0) is 4.74 Å². The Bertz CT molecular complexity index is 479. The van der Waals surface area contributed by atoms with Gasteiger partial charge in [0.25, 0.3) is 0 Å². The van der Waals surface area contributed by atoms with E-state index in [1.807, 2.05) is 6.07 Å². The number of nitrogens with one attached hydrogen (secondary N) is 2. The Labute approximate surface area is 132 Å². The van der Waals surface area contributed by atoms with E-state index in [9.17, 15) is 4.79 Å². The molecule has 0 aliphatic carbocycles. The topological polar surface area (TPSA) is 62.8 Å². The smallest absolute Gasteiger partial charge is 0.319 e. The van der Waals surface area contributed by atoms with Crippen molar-refractivity contribution in [2.75, 3.05) is 51.8 Å². The van der Waals surface area contributed by atoms with Gasteiger partial charge in [-0.25, -0.2) is 4.79 Å². The first-order valence-corrected chi connectivity index (χ1v) is 7.67. The zero-order valence-corrected chi connectivity index (χ0v) is 13.6. The highest BCUT2D eigenvalue weighted by molar-refractivity contribution is 9.10. The number of anilines is 1. The van der Waals surface area contributed by atoms with Gasteiger partial charge in [-0.05, 0) is 18.2 Å². The molecular formula is C14H20BrN3O3. The van der Waals surface area contributed by atoms with Crippen LogP contribution in [0.25, 0.3) is 0 Å². The molecule has 2 amide bonds. The molecule has 0 radical (unpaired) electrons. The highest BCUT2D eigenvalue weighted by atomic mass is 79.9. The molecule has 116 valence electrons. The zero-order valence-electron chi connectivity index (χ0n) is 12.0. The van der Waals surface area contributed by atoms with Gasteiger partial charge in [0.1, 0.15) is 5.75 Å². The van der Waals surface area contributed by atoms with Crippen LogP contribution in [0.1, 0.15) is 0 Å². The number of rotatable bonds is 5. The van der Waals surface area contributed by atoms with E-state index in [1.54, 1.807) is 19.2 Å². The highest BCUT2D eigenvalue weighted by Gasteiger charge is 2.11. The van der Waals surface area contributed by atoms with Gasteiger partial charge in [-0.2, -0.15) is 0 Å². The van der Waals surface area contributed by atoms with Crippen molar-refractivity contribution in [3.63, 3.8) is 0 Å². The summed E-state index contributed by atoms with van der Waals surface area (Å²) < 4.78 is 11.4. The predicted octanol–water partition coefficient (Wildman–Crippen LogP) is 1.91. The van der Waals surface area contributed by atoms with E-state index in [1.165, 1.54) is 0 Å². The number of morpholine rings is 1. The minimum Gasteiger partial charge on any atom is -0.495 e. The number of methoxy groups -OCH3 is 1. The zero-order chi connectivity index (χ0) is 15.1. The first kappa shape index (κ1) is 16.1. The summed E-state index contributed by atoms with van der Waals surface area (Å²) in [6.45, 7) is 4.79. The fourth-order valence-electron chi connectivity index (χ4n) is 2.10. The van der Waals surface area contributed by atoms with Gasteiger partial charge in [0.15, 0.2) is 0 Å². The molecule has 2 N–H and O–H groups in total. The molecule has 1 saturated heterocycles. The summed E-state index contributed by atoms with van der Waals surface area (Å²) in [6.07, 6.45) is 0. The second-order valence-electron chi connectivity index (χ2n) is 4.68. The fraction of sp³-hybridized carbons (Fsp3) is 0.500. The van der Waals surface area contributed by atoms with Gasteiger partial charge >= 0.3 is 6.03 Å². The van der Waals surface area contributed by atoms with E-state index < -0.39 is 0 Å². The number of benzene rings is 1. The predicted molar refractivity (Wildman–Crippen MR) is 85.0 cm³/mol. The Morgan fingerprint density at radius 1 is 1.43 bits per heavy atom. The van der Waals surface area contributed by atoms with Crippen LogP contribution in [-0.4, -0.2) is 57.4 Å². The maximum Gasteiger partial charge on any atom is 0.319 e. The average Bonchev–Trinajstić information content (AvgIpc) is 2.48. The van der Waals surface area contributed by atoms with Gasteiger partial charge in [-0.1, -0.05) is 15.9 Å². The molecule has 0 spiro atoms. The molecule has 6 nitrogen and oxygen atoms in total. The third-order valence-electron chi connectivity index (χ3n) is 3.23. The molecule has 0 saturated carbocycles. The van der Waals surface area contributed by atoms with Crippen LogP contribution in [0.2, 0.25) is 0 Å². The molecule has 1 heterocycles. The van der Waals surface area contributed by atoms with E-state index in [0.717, 1.165) is 37.3 Å². The Balaban J connectivity index is 1.77. The van der Waals surface area contributed by atoms with Gasteiger partial charge < -0.3 is 20.1 Å². The second kappa shape index (κ2) is 8.21. The van der Waals surface area contributed by atoms with Gasteiger partial charge in [0.05, 0.1) is 26.0 Å². The van der Waals surface area contributed by atoms with Gasteiger partial charge in [0.2, 0.25) is 0 Å². The molecule has 1 aliphatic heterocycles. The summed E-state index contributed by atoms with van der Waals surface area (Å²) in [7, 11) is 1.57. The minimum absolute atomic E-state index is 0.236. The molecule has 1 aromatic rings. The lowest BCUT2D eigenvalue weighted by molar-refractivity contribution is 0.0388. The van der Waals surface area contributed by atoms with Crippen molar-refractivity contribution in [2.45, 2.75) is 0 Å². The number of nitrogens with zero attached hydrogens (tertiary/aromatic N) is 1. The number of carbonyl (C=O) groups is 1. The first-order chi connectivity index (χ1) is 10.2. The molecule has 0 atom stereocenters. The molecule has 21 heavy (non-hydrogen) atoms. The lowest BCUT2D eigenvalue weighted by Gasteiger charge is -2.26. The lowest BCUT2D eigenvalue weighted by atomic mass is 10.3. The largest absolute Gasteiger partial charge is 0.495 e. The number of hydrogen-bond donors (Lipinski definition) is 2. The Morgan fingerprint density at radius 3 is 2.90 bits per heavy atom. The van der Waals surface area contributed by atoms with Crippen LogP contribution in [0.15, 0.2) is 22.7 Å². The standard InChI is InChI=1S/C14H20BrN3O3/c1-20-13-3-2-11(15)10-12(13)17-14(19)16-4-5-18-6-8-21-9-7-18/h2-3,10H,4-9H2,1H3,(H2,16,17,19). The number of urea groups is 1. The maximum absolute atomic E-state index is 11.9. The van der Waals surface area contributed by atoms with Crippen molar-refractivity contribution < 1.29 is 14.3 Å².